The van der Waals surface area contributed by atoms with Gasteiger partial charge in [-0.3, -0.25) is 4.79 Å². The summed E-state index contributed by atoms with van der Waals surface area (Å²) in [7, 11) is 0. The first-order valence-corrected chi connectivity index (χ1v) is 7.50. The molecule has 100 valence electrons. The standard InChI is InChI=1S/C13H20N2O2S/c1-8(2)10(16)5-3-4-6-11-12-9(7-18-11)14-13(17)15-12/h9,11-12H,1,3-7H2,2H3,(H2,14,15,17)/t9-,11-,12-/m0/s1. The van der Waals surface area contributed by atoms with Gasteiger partial charge >= 0.3 is 6.03 Å². The maximum atomic E-state index is 11.4. The number of unbranched alkanes of at least 4 members (excludes halogenated alkanes) is 1. The molecule has 0 aliphatic carbocycles. The first-order chi connectivity index (χ1) is 8.58. The van der Waals surface area contributed by atoms with E-state index in [4.69, 9.17) is 0 Å². The largest absolute Gasteiger partial charge is 0.332 e. The number of Topliss-reactive ketones (excluding diaryl/α,β-unsaturated/α-hetero) is 1. The Hall–Kier alpha value is -0.970. The Morgan fingerprint density at radius 2 is 2.22 bits per heavy atom. The van der Waals surface area contributed by atoms with E-state index in [2.05, 4.69) is 17.2 Å². The van der Waals surface area contributed by atoms with E-state index in [-0.39, 0.29) is 17.9 Å². The molecule has 0 bridgehead atoms. The molecule has 18 heavy (non-hydrogen) atoms. The van der Waals surface area contributed by atoms with E-state index >= 15 is 0 Å². The van der Waals surface area contributed by atoms with E-state index in [1.165, 1.54) is 0 Å². The summed E-state index contributed by atoms with van der Waals surface area (Å²) in [6, 6.07) is 0.539. The van der Waals surface area contributed by atoms with Crippen LogP contribution in [-0.4, -0.2) is 34.9 Å². The minimum Gasteiger partial charge on any atom is -0.332 e. The highest BCUT2D eigenvalue weighted by atomic mass is 32.2. The third kappa shape index (κ3) is 3.07. The monoisotopic (exact) mass is 268 g/mol. The molecule has 2 heterocycles. The number of nitrogens with one attached hydrogen (secondary N) is 2. The second kappa shape index (κ2) is 5.78. The van der Waals surface area contributed by atoms with Crippen LogP contribution in [0.1, 0.15) is 32.6 Å². The molecular weight excluding hydrogens is 248 g/mol. The number of amides is 2. The lowest BCUT2D eigenvalue weighted by Gasteiger charge is -2.16. The highest BCUT2D eigenvalue weighted by molar-refractivity contribution is 8.00. The van der Waals surface area contributed by atoms with Crippen molar-refractivity contribution in [2.75, 3.05) is 5.75 Å². The molecule has 2 N–H and O–H groups in total. The van der Waals surface area contributed by atoms with Crippen molar-refractivity contribution in [3.63, 3.8) is 0 Å². The van der Waals surface area contributed by atoms with Crippen LogP contribution in [0.3, 0.4) is 0 Å². The molecule has 0 aromatic rings. The van der Waals surface area contributed by atoms with Gasteiger partial charge in [0.1, 0.15) is 0 Å². The highest BCUT2D eigenvalue weighted by Crippen LogP contribution is 2.33. The summed E-state index contributed by atoms with van der Waals surface area (Å²) in [5.41, 5.74) is 0.651. The molecule has 0 unspecified atom stereocenters. The number of rotatable bonds is 6. The smallest absolute Gasteiger partial charge is 0.315 e. The third-order valence-electron chi connectivity index (χ3n) is 3.56. The van der Waals surface area contributed by atoms with Crippen LogP contribution in [0.5, 0.6) is 0 Å². The van der Waals surface area contributed by atoms with E-state index in [9.17, 15) is 9.59 Å². The lowest BCUT2D eigenvalue weighted by atomic mass is 10.0. The normalized spacial score (nSPS) is 29.6. The van der Waals surface area contributed by atoms with Crippen LogP contribution >= 0.6 is 11.8 Å². The average molecular weight is 268 g/mol. The first-order valence-electron chi connectivity index (χ1n) is 6.45. The van der Waals surface area contributed by atoms with Gasteiger partial charge in [0.05, 0.1) is 12.1 Å². The molecule has 0 radical (unpaired) electrons. The van der Waals surface area contributed by atoms with Gasteiger partial charge in [-0.05, 0) is 25.3 Å². The van der Waals surface area contributed by atoms with Crippen LogP contribution in [0.2, 0.25) is 0 Å². The molecule has 2 saturated heterocycles. The van der Waals surface area contributed by atoms with Crippen LogP contribution in [-0.2, 0) is 4.79 Å². The SMILES string of the molecule is C=C(C)C(=O)CCCC[C@@H]1SC[C@@H]2NC(=O)N[C@@H]21. The number of hydrogen-bond donors (Lipinski definition) is 2. The molecule has 2 rings (SSSR count). The van der Waals surface area contributed by atoms with Crippen LogP contribution < -0.4 is 10.6 Å². The van der Waals surface area contributed by atoms with E-state index in [0.29, 0.717) is 23.3 Å². The number of ketones is 1. The fraction of sp³-hybridized carbons (Fsp3) is 0.692. The van der Waals surface area contributed by atoms with Gasteiger partial charge in [0.25, 0.3) is 0 Å². The second-order valence-corrected chi connectivity index (χ2v) is 6.34. The summed E-state index contributed by atoms with van der Waals surface area (Å²) >= 11 is 1.92. The lowest BCUT2D eigenvalue weighted by Crippen LogP contribution is -2.36. The van der Waals surface area contributed by atoms with Gasteiger partial charge in [0.15, 0.2) is 5.78 Å². The Kier molecular flexibility index (Phi) is 4.32. The van der Waals surface area contributed by atoms with Gasteiger partial charge in [0.2, 0.25) is 0 Å². The Labute approximate surface area is 112 Å². The Balaban J connectivity index is 1.67. The molecule has 2 aliphatic heterocycles. The molecule has 2 fully saturated rings. The molecule has 0 aromatic carbocycles. The number of urea groups is 1. The summed E-state index contributed by atoms with van der Waals surface area (Å²) < 4.78 is 0. The summed E-state index contributed by atoms with van der Waals surface area (Å²) in [5.74, 6) is 1.17. The van der Waals surface area contributed by atoms with Crippen molar-refractivity contribution in [2.45, 2.75) is 49.9 Å². The van der Waals surface area contributed by atoms with Crippen LogP contribution in [0, 0.1) is 0 Å². The van der Waals surface area contributed by atoms with Crippen LogP contribution in [0.15, 0.2) is 12.2 Å². The topological polar surface area (TPSA) is 58.2 Å². The fourth-order valence-electron chi connectivity index (χ4n) is 2.49. The predicted octanol–water partition coefficient (Wildman–Crippen LogP) is 1.86. The predicted molar refractivity (Wildman–Crippen MR) is 73.8 cm³/mol. The van der Waals surface area contributed by atoms with Crippen molar-refractivity contribution in [2.24, 2.45) is 0 Å². The quantitative estimate of drug-likeness (QED) is 0.439. The number of hydrogen-bond acceptors (Lipinski definition) is 3. The molecule has 3 atom stereocenters. The molecular formula is C13H20N2O2S. The zero-order valence-electron chi connectivity index (χ0n) is 10.7. The van der Waals surface area contributed by atoms with Gasteiger partial charge < -0.3 is 10.6 Å². The number of allylic oxidation sites excluding steroid dienone is 1. The molecule has 2 aliphatic rings. The Morgan fingerprint density at radius 3 is 2.94 bits per heavy atom. The second-order valence-electron chi connectivity index (χ2n) is 5.07. The number of carbonyl (C=O) groups excluding carboxylic acids is 2. The Bertz CT molecular complexity index is 370. The minimum absolute atomic E-state index is 0.0345. The molecule has 4 nitrogen and oxygen atoms in total. The van der Waals surface area contributed by atoms with E-state index in [0.717, 1.165) is 25.0 Å². The molecule has 0 spiro atoms. The highest BCUT2D eigenvalue weighted by Gasteiger charge is 2.42. The zero-order valence-corrected chi connectivity index (χ0v) is 11.5. The van der Waals surface area contributed by atoms with Crippen LogP contribution in [0.25, 0.3) is 0 Å². The van der Waals surface area contributed by atoms with E-state index in [1.807, 2.05) is 11.8 Å². The maximum Gasteiger partial charge on any atom is 0.315 e. The number of thioether (sulfide) groups is 1. The van der Waals surface area contributed by atoms with Gasteiger partial charge in [-0.2, -0.15) is 11.8 Å². The zero-order chi connectivity index (χ0) is 13.1. The molecule has 0 saturated carbocycles. The third-order valence-corrected chi connectivity index (χ3v) is 5.07. The van der Waals surface area contributed by atoms with E-state index in [1.54, 1.807) is 6.92 Å². The van der Waals surface area contributed by atoms with Crippen LogP contribution in [0.4, 0.5) is 4.79 Å². The maximum absolute atomic E-state index is 11.4. The van der Waals surface area contributed by atoms with Gasteiger partial charge in [-0.1, -0.05) is 13.0 Å². The van der Waals surface area contributed by atoms with Crippen molar-refractivity contribution in [3.8, 4) is 0 Å². The van der Waals surface area contributed by atoms with Crippen molar-refractivity contribution >= 4 is 23.6 Å². The molecule has 0 aromatic heterocycles. The first kappa shape index (κ1) is 13.5. The van der Waals surface area contributed by atoms with Crippen molar-refractivity contribution < 1.29 is 9.59 Å². The summed E-state index contributed by atoms with van der Waals surface area (Å²) in [6.07, 6.45) is 3.62. The minimum atomic E-state index is -0.0345. The summed E-state index contributed by atoms with van der Waals surface area (Å²) in [5, 5.41) is 6.41. The van der Waals surface area contributed by atoms with E-state index < -0.39 is 0 Å². The fourth-order valence-corrected chi connectivity index (χ4v) is 4.03. The van der Waals surface area contributed by atoms with Gasteiger partial charge in [-0.15, -0.1) is 0 Å². The van der Waals surface area contributed by atoms with Crippen molar-refractivity contribution in [3.05, 3.63) is 12.2 Å². The summed E-state index contributed by atoms with van der Waals surface area (Å²) in [4.78, 5) is 22.6. The average Bonchev–Trinajstić information content (AvgIpc) is 2.84. The Morgan fingerprint density at radius 1 is 1.44 bits per heavy atom. The van der Waals surface area contributed by atoms with Crippen molar-refractivity contribution in [1.29, 1.82) is 0 Å². The van der Waals surface area contributed by atoms with Crippen molar-refractivity contribution in [1.82, 2.24) is 10.6 Å². The number of carbonyl (C=O) groups is 2. The summed E-state index contributed by atoms with van der Waals surface area (Å²) in [6.45, 7) is 5.42. The van der Waals surface area contributed by atoms with Gasteiger partial charge in [-0.25, -0.2) is 4.79 Å². The molecule has 5 heteroatoms. The number of fused-ring (bicyclic) bond motifs is 1. The molecule has 2 amide bonds. The lowest BCUT2D eigenvalue weighted by molar-refractivity contribution is -0.115. The van der Waals surface area contributed by atoms with Gasteiger partial charge in [0, 0.05) is 17.4 Å².